The van der Waals surface area contributed by atoms with Gasteiger partial charge in [0.15, 0.2) is 6.67 Å². The molecule has 0 saturated heterocycles. The van der Waals surface area contributed by atoms with Gasteiger partial charge < -0.3 is 26.1 Å². The summed E-state index contributed by atoms with van der Waals surface area (Å²) >= 11 is 0. The average molecular weight is 409 g/mol. The summed E-state index contributed by atoms with van der Waals surface area (Å²) in [5, 5.41) is 14.9. The Bertz CT molecular complexity index is 1120. The summed E-state index contributed by atoms with van der Waals surface area (Å²) in [6, 6.07) is 13.1. The molecule has 0 aliphatic rings. The molecule has 1 aromatic heterocycles. The first kappa shape index (κ1) is 20.7. The third-order valence-electron chi connectivity index (χ3n) is 4.45. The number of anilines is 2. The summed E-state index contributed by atoms with van der Waals surface area (Å²) in [5.74, 6) is 0.0775. The second-order valence-electron chi connectivity index (χ2n) is 6.51. The van der Waals surface area contributed by atoms with Gasteiger partial charge in [-0.3, -0.25) is 9.59 Å². The van der Waals surface area contributed by atoms with E-state index in [2.05, 4.69) is 21.7 Å². The summed E-state index contributed by atoms with van der Waals surface area (Å²) in [4.78, 5) is 26.3. The average Bonchev–Trinajstić information content (AvgIpc) is 3.07. The molecule has 0 aliphatic carbocycles. The number of fused-ring (bicyclic) bond motifs is 1. The molecule has 0 spiro atoms. The molecule has 3 rings (SSSR count). The highest BCUT2D eigenvalue weighted by molar-refractivity contribution is 5.97. The van der Waals surface area contributed by atoms with Crippen LogP contribution >= 0.6 is 0 Å². The molecule has 0 bridgehead atoms. The van der Waals surface area contributed by atoms with E-state index in [9.17, 15) is 19.2 Å². The number of aromatic nitrogens is 1. The molecule has 2 amide bonds. The van der Waals surface area contributed by atoms with Crippen LogP contribution in [0.25, 0.3) is 10.9 Å². The van der Waals surface area contributed by atoms with Gasteiger partial charge in [-0.1, -0.05) is 6.92 Å². The molecule has 154 valence electrons. The first-order valence-electron chi connectivity index (χ1n) is 9.20. The number of halogens is 1. The van der Waals surface area contributed by atoms with Crippen molar-refractivity contribution in [1.82, 2.24) is 10.3 Å². The predicted octanol–water partition coefficient (Wildman–Crippen LogP) is 3.22. The maximum Gasteiger partial charge on any atom is 0.252 e. The Balaban J connectivity index is 1.69. The van der Waals surface area contributed by atoms with Crippen LogP contribution in [0.4, 0.5) is 15.9 Å². The van der Waals surface area contributed by atoms with Crippen molar-refractivity contribution in [3.8, 4) is 17.6 Å². The van der Waals surface area contributed by atoms with E-state index in [-0.39, 0.29) is 0 Å². The Hall–Kier alpha value is -4.06. The van der Waals surface area contributed by atoms with Crippen LogP contribution in [0.1, 0.15) is 18.9 Å². The van der Waals surface area contributed by atoms with Crippen LogP contribution in [-0.4, -0.2) is 29.5 Å². The van der Waals surface area contributed by atoms with Crippen LogP contribution in [0.3, 0.4) is 0 Å². The van der Waals surface area contributed by atoms with Crippen molar-refractivity contribution >= 4 is 34.2 Å². The maximum atomic E-state index is 12.3. The molecule has 1 heterocycles. The van der Waals surface area contributed by atoms with Crippen LogP contribution in [-0.2, 0) is 9.59 Å². The van der Waals surface area contributed by atoms with Crippen molar-refractivity contribution in [2.75, 3.05) is 17.7 Å². The van der Waals surface area contributed by atoms with Crippen LogP contribution in [0, 0.1) is 11.3 Å². The zero-order valence-corrected chi connectivity index (χ0v) is 16.2. The van der Waals surface area contributed by atoms with Gasteiger partial charge in [0.2, 0.25) is 5.91 Å². The van der Waals surface area contributed by atoms with Gasteiger partial charge in [0, 0.05) is 16.6 Å². The van der Waals surface area contributed by atoms with Crippen molar-refractivity contribution in [1.29, 1.82) is 5.26 Å². The highest BCUT2D eigenvalue weighted by Gasteiger charge is 2.18. The lowest BCUT2D eigenvalue weighted by Gasteiger charge is -2.16. The molecule has 8 nitrogen and oxygen atoms in total. The highest BCUT2D eigenvalue weighted by Crippen LogP contribution is 2.30. The summed E-state index contributed by atoms with van der Waals surface area (Å²) < 4.78 is 18.2. The molecular formula is C21H20FN5O3. The lowest BCUT2D eigenvalue weighted by Crippen LogP contribution is -2.43. The Labute approximate surface area is 171 Å². The van der Waals surface area contributed by atoms with E-state index in [1.54, 1.807) is 49.4 Å². The molecule has 0 aliphatic heterocycles. The number of nitrogen functional groups attached to an aromatic ring is 1. The minimum atomic E-state index is -1.17. The molecule has 0 unspecified atom stereocenters. The third-order valence-corrected chi connectivity index (χ3v) is 4.45. The first-order valence-corrected chi connectivity index (χ1v) is 9.20. The molecule has 0 radical (unpaired) electrons. The number of nitrogens with zero attached hydrogens (tertiary/aromatic N) is 1. The number of aromatic amines is 1. The molecule has 30 heavy (non-hydrogen) atoms. The van der Waals surface area contributed by atoms with Gasteiger partial charge in [0.1, 0.15) is 35.0 Å². The Morgan fingerprint density at radius 3 is 2.57 bits per heavy atom. The van der Waals surface area contributed by atoms with Crippen LogP contribution < -0.4 is 21.1 Å². The van der Waals surface area contributed by atoms with Crippen LogP contribution in [0.2, 0.25) is 0 Å². The third kappa shape index (κ3) is 4.50. The summed E-state index contributed by atoms with van der Waals surface area (Å²) in [5.41, 5.74) is 7.39. The fourth-order valence-electron chi connectivity index (χ4n) is 2.93. The van der Waals surface area contributed by atoms with Crippen LogP contribution in [0.5, 0.6) is 11.5 Å². The number of nitriles is 1. The van der Waals surface area contributed by atoms with Crippen LogP contribution in [0.15, 0.2) is 42.5 Å². The van der Waals surface area contributed by atoms with Gasteiger partial charge in [0.05, 0.1) is 0 Å². The second kappa shape index (κ2) is 8.96. The van der Waals surface area contributed by atoms with E-state index in [0.29, 0.717) is 40.4 Å². The lowest BCUT2D eigenvalue weighted by molar-refractivity contribution is -0.127. The topological polar surface area (TPSA) is 133 Å². The summed E-state index contributed by atoms with van der Waals surface area (Å²) in [6.07, 6.45) is 0.329. The number of hydrogen-bond donors (Lipinski definition) is 4. The number of H-pyrrole nitrogens is 1. The Kier molecular flexibility index (Phi) is 6.17. The monoisotopic (exact) mass is 409 g/mol. The number of hydrogen-bond acceptors (Lipinski definition) is 5. The first-order chi connectivity index (χ1) is 14.4. The van der Waals surface area contributed by atoms with Gasteiger partial charge in [-0.2, -0.15) is 5.26 Å². The number of nitrogens with two attached hydrogens (primary N) is 1. The molecule has 1 atom stereocenters. The van der Waals surface area contributed by atoms with E-state index in [1.165, 1.54) is 0 Å². The quantitative estimate of drug-likeness (QED) is 0.475. The van der Waals surface area contributed by atoms with E-state index in [1.807, 2.05) is 0 Å². The number of carbonyl (C=O) groups excluding carboxylic acids is 2. The van der Waals surface area contributed by atoms with Gasteiger partial charge >= 0.3 is 0 Å². The largest absolute Gasteiger partial charge is 0.457 e. The number of benzene rings is 2. The minimum absolute atomic E-state index is 0.304. The van der Waals surface area contributed by atoms with E-state index in [0.717, 1.165) is 5.52 Å². The number of ether oxygens (including phenoxy) is 1. The Morgan fingerprint density at radius 1 is 1.23 bits per heavy atom. The van der Waals surface area contributed by atoms with E-state index < -0.39 is 24.5 Å². The van der Waals surface area contributed by atoms with Crippen molar-refractivity contribution in [3.05, 3.63) is 48.0 Å². The smallest absolute Gasteiger partial charge is 0.252 e. The fraction of sp³-hybridized carbons (Fsp3) is 0.190. The normalized spacial score (nSPS) is 11.5. The van der Waals surface area contributed by atoms with Gasteiger partial charge in [-0.25, -0.2) is 4.39 Å². The molecule has 9 heteroatoms. The number of alkyl halides is 1. The maximum absolute atomic E-state index is 12.3. The SMILES string of the molecule is CC[C@H](NC(=O)CF)C(=O)Nc1ccc(Oc2ccc3[nH]c(N)c(C#N)c3c2)cc1. The van der Waals surface area contributed by atoms with Crippen molar-refractivity contribution < 1.29 is 18.7 Å². The molecule has 0 saturated carbocycles. The Morgan fingerprint density at radius 2 is 1.93 bits per heavy atom. The highest BCUT2D eigenvalue weighted by atomic mass is 19.1. The van der Waals surface area contributed by atoms with E-state index >= 15 is 0 Å². The summed E-state index contributed by atoms with van der Waals surface area (Å²) in [7, 11) is 0. The van der Waals surface area contributed by atoms with Crippen molar-refractivity contribution in [2.24, 2.45) is 0 Å². The van der Waals surface area contributed by atoms with Crippen molar-refractivity contribution in [3.63, 3.8) is 0 Å². The predicted molar refractivity (Wildman–Crippen MR) is 111 cm³/mol. The van der Waals surface area contributed by atoms with Crippen molar-refractivity contribution in [2.45, 2.75) is 19.4 Å². The molecule has 2 aromatic carbocycles. The van der Waals surface area contributed by atoms with Gasteiger partial charge in [0.25, 0.3) is 5.91 Å². The fourth-order valence-corrected chi connectivity index (χ4v) is 2.93. The number of carbonyl (C=O) groups is 2. The summed E-state index contributed by atoms with van der Waals surface area (Å²) in [6.45, 7) is 0.541. The second-order valence-corrected chi connectivity index (χ2v) is 6.51. The number of nitrogens with one attached hydrogen (secondary N) is 3. The number of amides is 2. The lowest BCUT2D eigenvalue weighted by atomic mass is 10.1. The minimum Gasteiger partial charge on any atom is -0.457 e. The molecule has 0 fully saturated rings. The molecular weight excluding hydrogens is 389 g/mol. The molecule has 5 N–H and O–H groups in total. The van der Waals surface area contributed by atoms with Gasteiger partial charge in [-0.15, -0.1) is 0 Å². The molecule has 3 aromatic rings. The zero-order valence-electron chi connectivity index (χ0n) is 16.2. The number of rotatable bonds is 7. The van der Waals surface area contributed by atoms with E-state index in [4.69, 9.17) is 10.5 Å². The zero-order chi connectivity index (χ0) is 21.7. The van der Waals surface area contributed by atoms with Gasteiger partial charge in [-0.05, 0) is 48.9 Å². The standard InChI is InChI=1S/C21H20FN5O3/c1-2-17(26-19(28)10-22)21(29)25-12-3-5-13(6-4-12)30-14-7-8-18-15(9-14)16(11-23)20(24)27-18/h3-9,17,27H,2,10,24H2,1H3,(H,25,29)(H,26,28)/t17-/m0/s1.